The maximum atomic E-state index is 11.7. The second-order valence-electron chi connectivity index (χ2n) is 3.28. The van der Waals surface area contributed by atoms with Gasteiger partial charge >= 0.3 is 5.97 Å². The smallest absolute Gasteiger partial charge is 0.335 e. The molecule has 1 rings (SSSR count). The van der Waals surface area contributed by atoms with Gasteiger partial charge < -0.3 is 10.2 Å². The Bertz CT molecular complexity index is 521. The highest BCUT2D eigenvalue weighted by molar-refractivity contribution is 7.89. The largest absolute Gasteiger partial charge is 0.507 e. The molecule has 6 nitrogen and oxygen atoms in total. The molecular formula is C9H11NO5S. The van der Waals surface area contributed by atoms with Gasteiger partial charge in [0.1, 0.15) is 10.6 Å². The summed E-state index contributed by atoms with van der Waals surface area (Å²) in [6, 6.07) is 3.10. The van der Waals surface area contributed by atoms with Crippen molar-refractivity contribution in [3.05, 3.63) is 23.8 Å². The number of phenolic OH excluding ortho intramolecular Hbond substituents is 1. The van der Waals surface area contributed by atoms with Crippen LogP contribution in [0.1, 0.15) is 10.4 Å². The van der Waals surface area contributed by atoms with Gasteiger partial charge in [-0.1, -0.05) is 0 Å². The molecule has 2 N–H and O–H groups in total. The van der Waals surface area contributed by atoms with E-state index >= 15 is 0 Å². The maximum Gasteiger partial charge on any atom is 0.335 e. The van der Waals surface area contributed by atoms with E-state index in [4.69, 9.17) is 5.11 Å². The highest BCUT2D eigenvalue weighted by atomic mass is 32.2. The van der Waals surface area contributed by atoms with E-state index in [1.807, 2.05) is 0 Å². The van der Waals surface area contributed by atoms with Gasteiger partial charge in [-0.2, -0.15) is 0 Å². The van der Waals surface area contributed by atoms with Gasteiger partial charge in [-0.15, -0.1) is 0 Å². The predicted octanol–water partition coefficient (Wildman–Crippen LogP) is 0.341. The number of carboxylic acids is 1. The van der Waals surface area contributed by atoms with Crippen molar-refractivity contribution >= 4 is 16.0 Å². The molecule has 0 saturated carbocycles. The summed E-state index contributed by atoms with van der Waals surface area (Å²) in [5.41, 5.74) is -0.196. The number of benzene rings is 1. The van der Waals surface area contributed by atoms with Crippen molar-refractivity contribution in [3.63, 3.8) is 0 Å². The summed E-state index contributed by atoms with van der Waals surface area (Å²) in [5, 5.41) is 18.1. The molecule has 0 heterocycles. The fourth-order valence-electron chi connectivity index (χ4n) is 1.05. The average Bonchev–Trinajstić information content (AvgIpc) is 2.17. The van der Waals surface area contributed by atoms with E-state index in [1.54, 1.807) is 0 Å². The minimum Gasteiger partial charge on any atom is -0.507 e. The van der Waals surface area contributed by atoms with E-state index in [9.17, 15) is 18.3 Å². The Kier molecular flexibility index (Phi) is 3.20. The molecule has 7 heteroatoms. The molecule has 0 aliphatic rings. The van der Waals surface area contributed by atoms with Gasteiger partial charge in [0.25, 0.3) is 0 Å². The lowest BCUT2D eigenvalue weighted by molar-refractivity contribution is 0.0696. The molecule has 1 aromatic rings. The van der Waals surface area contributed by atoms with E-state index in [0.29, 0.717) is 0 Å². The van der Waals surface area contributed by atoms with Crippen LogP contribution >= 0.6 is 0 Å². The van der Waals surface area contributed by atoms with Crippen LogP contribution in [0, 0.1) is 0 Å². The fraction of sp³-hybridized carbons (Fsp3) is 0.222. The topological polar surface area (TPSA) is 94.9 Å². The summed E-state index contributed by atoms with van der Waals surface area (Å²) < 4.78 is 24.3. The lowest BCUT2D eigenvalue weighted by Gasteiger charge is -2.12. The average molecular weight is 245 g/mol. The minimum absolute atomic E-state index is 0.196. The van der Waals surface area contributed by atoms with E-state index in [0.717, 1.165) is 22.5 Å². The quantitative estimate of drug-likeness (QED) is 0.800. The van der Waals surface area contributed by atoms with Gasteiger partial charge in [0.2, 0.25) is 10.0 Å². The number of aromatic carboxylic acids is 1. The molecule has 88 valence electrons. The highest BCUT2D eigenvalue weighted by Gasteiger charge is 2.22. The molecule has 0 aromatic heterocycles. The molecule has 1 aromatic carbocycles. The molecule has 0 amide bonds. The first kappa shape index (κ1) is 12.5. The molecule has 0 bridgehead atoms. The maximum absolute atomic E-state index is 11.7. The molecule has 0 aliphatic carbocycles. The number of aromatic hydroxyl groups is 1. The molecule has 16 heavy (non-hydrogen) atoms. The molecule has 0 spiro atoms. The van der Waals surface area contributed by atoms with Gasteiger partial charge in [0.05, 0.1) is 5.56 Å². The van der Waals surface area contributed by atoms with Crippen LogP contribution in [0.3, 0.4) is 0 Å². The monoisotopic (exact) mass is 245 g/mol. The Labute approximate surface area is 92.8 Å². The van der Waals surface area contributed by atoms with Crippen molar-refractivity contribution in [1.82, 2.24) is 4.31 Å². The van der Waals surface area contributed by atoms with Crippen LogP contribution in [0.2, 0.25) is 0 Å². The van der Waals surface area contributed by atoms with Crippen molar-refractivity contribution in [1.29, 1.82) is 0 Å². The zero-order valence-corrected chi connectivity index (χ0v) is 9.52. The molecule has 0 radical (unpaired) electrons. The van der Waals surface area contributed by atoms with Gasteiger partial charge in [0, 0.05) is 14.1 Å². The number of hydrogen-bond acceptors (Lipinski definition) is 4. The third-order valence-electron chi connectivity index (χ3n) is 1.97. The normalized spacial score (nSPS) is 11.7. The third kappa shape index (κ3) is 2.15. The van der Waals surface area contributed by atoms with Crippen LogP contribution in [0.25, 0.3) is 0 Å². The number of carboxylic acid groups (broad SMARTS) is 1. The Morgan fingerprint density at radius 2 is 1.88 bits per heavy atom. The second kappa shape index (κ2) is 4.11. The number of hydrogen-bond donors (Lipinski definition) is 2. The van der Waals surface area contributed by atoms with Gasteiger partial charge in [0.15, 0.2) is 0 Å². The first-order chi connectivity index (χ1) is 7.26. The Balaban J connectivity index is 3.45. The van der Waals surface area contributed by atoms with Crippen LogP contribution in [0.4, 0.5) is 0 Å². The van der Waals surface area contributed by atoms with E-state index in [-0.39, 0.29) is 5.56 Å². The van der Waals surface area contributed by atoms with Crippen molar-refractivity contribution in [2.24, 2.45) is 0 Å². The van der Waals surface area contributed by atoms with E-state index < -0.39 is 26.6 Å². The predicted molar refractivity (Wildman–Crippen MR) is 55.9 cm³/mol. The van der Waals surface area contributed by atoms with Crippen LogP contribution in [0.15, 0.2) is 23.1 Å². The van der Waals surface area contributed by atoms with Crippen molar-refractivity contribution < 1.29 is 23.4 Å². The molecular weight excluding hydrogens is 234 g/mol. The summed E-state index contributed by atoms with van der Waals surface area (Å²) in [4.78, 5) is 10.3. The van der Waals surface area contributed by atoms with E-state index in [1.165, 1.54) is 14.1 Å². The second-order valence-corrected chi connectivity index (χ2v) is 5.40. The number of nitrogens with zero attached hydrogens (tertiary/aromatic N) is 1. The van der Waals surface area contributed by atoms with Crippen LogP contribution in [0.5, 0.6) is 5.75 Å². The summed E-state index contributed by atoms with van der Waals surface area (Å²) in [6.45, 7) is 0. The zero-order chi connectivity index (χ0) is 12.5. The summed E-state index contributed by atoms with van der Waals surface area (Å²) in [7, 11) is -1.26. The number of carbonyl (C=O) groups is 1. The Morgan fingerprint density at radius 1 is 1.31 bits per heavy atom. The van der Waals surface area contributed by atoms with Gasteiger partial charge in [-0.25, -0.2) is 17.5 Å². The summed E-state index contributed by atoms with van der Waals surface area (Å²) in [5.74, 6) is -1.73. The van der Waals surface area contributed by atoms with Crippen LogP contribution in [-0.2, 0) is 10.0 Å². The van der Waals surface area contributed by atoms with Crippen molar-refractivity contribution in [2.45, 2.75) is 4.90 Å². The lowest BCUT2D eigenvalue weighted by atomic mass is 10.2. The molecule has 0 saturated heterocycles. The van der Waals surface area contributed by atoms with Gasteiger partial charge in [-0.05, 0) is 18.2 Å². The van der Waals surface area contributed by atoms with Gasteiger partial charge in [-0.3, -0.25) is 0 Å². The standard InChI is InChI=1S/C9H11NO5S/c1-10(2)16(14,15)8-5-6(9(12)13)3-4-7(8)11/h3-5,11H,1-2H3,(H,12,13). The van der Waals surface area contributed by atoms with E-state index in [2.05, 4.69) is 0 Å². The highest BCUT2D eigenvalue weighted by Crippen LogP contribution is 2.25. The molecule has 0 atom stereocenters. The fourth-order valence-corrected chi connectivity index (χ4v) is 2.05. The first-order valence-electron chi connectivity index (χ1n) is 4.25. The zero-order valence-electron chi connectivity index (χ0n) is 8.71. The molecule has 0 aliphatic heterocycles. The Morgan fingerprint density at radius 3 is 2.31 bits per heavy atom. The summed E-state index contributed by atoms with van der Waals surface area (Å²) in [6.07, 6.45) is 0. The molecule has 0 unspecified atom stereocenters. The first-order valence-corrected chi connectivity index (χ1v) is 5.69. The lowest BCUT2D eigenvalue weighted by Crippen LogP contribution is -2.22. The molecule has 0 fully saturated rings. The minimum atomic E-state index is -3.84. The van der Waals surface area contributed by atoms with Crippen LogP contribution < -0.4 is 0 Å². The summed E-state index contributed by atoms with van der Waals surface area (Å²) >= 11 is 0. The van der Waals surface area contributed by atoms with Crippen molar-refractivity contribution in [2.75, 3.05) is 14.1 Å². The Hall–Kier alpha value is -1.60. The SMILES string of the molecule is CN(C)S(=O)(=O)c1cc(C(=O)O)ccc1O. The number of sulfonamides is 1. The van der Waals surface area contributed by atoms with Crippen molar-refractivity contribution in [3.8, 4) is 5.75 Å². The van der Waals surface area contributed by atoms with Crippen LogP contribution in [-0.4, -0.2) is 43.0 Å². The number of phenols is 1. The number of rotatable bonds is 3. The third-order valence-corrected chi connectivity index (χ3v) is 3.81.